The van der Waals surface area contributed by atoms with E-state index in [0.29, 0.717) is 12.1 Å². The van der Waals surface area contributed by atoms with Crippen molar-refractivity contribution in [3.8, 4) is 23.7 Å². The lowest BCUT2D eigenvalue weighted by molar-refractivity contribution is -0.123. The van der Waals surface area contributed by atoms with Crippen LogP contribution in [0.5, 0.6) is 0 Å². The molecule has 2 amide bonds. The highest BCUT2D eigenvalue weighted by molar-refractivity contribution is 7.92. The summed E-state index contributed by atoms with van der Waals surface area (Å²) in [6.45, 7) is 3.82. The lowest BCUT2D eigenvalue weighted by atomic mass is 10.1. The lowest BCUT2D eigenvalue weighted by Crippen LogP contribution is -2.50. The van der Waals surface area contributed by atoms with Gasteiger partial charge in [-0.05, 0) is 31.3 Å². The second-order valence-corrected chi connectivity index (χ2v) is 8.98. The Morgan fingerprint density at radius 3 is 2.63 bits per heavy atom. The van der Waals surface area contributed by atoms with Gasteiger partial charge in [-0.3, -0.25) is 9.36 Å². The van der Waals surface area contributed by atoms with E-state index in [0.717, 1.165) is 18.4 Å². The zero-order valence-corrected chi connectivity index (χ0v) is 16.7. The van der Waals surface area contributed by atoms with Gasteiger partial charge in [0.1, 0.15) is 4.75 Å². The van der Waals surface area contributed by atoms with Crippen LogP contribution in [0.4, 0.5) is 4.79 Å². The van der Waals surface area contributed by atoms with Crippen LogP contribution >= 0.6 is 0 Å². The van der Waals surface area contributed by atoms with Crippen LogP contribution in [0.15, 0.2) is 12.3 Å². The molecule has 1 aromatic rings. The predicted molar refractivity (Wildman–Crippen MR) is 103 cm³/mol. The molecule has 1 atom stereocenters. The fraction of sp³-hybridized carbons (Fsp3) is 0.474. The van der Waals surface area contributed by atoms with Crippen LogP contribution in [-0.2, 0) is 21.2 Å². The van der Waals surface area contributed by atoms with E-state index >= 15 is 0 Å². The van der Waals surface area contributed by atoms with Crippen molar-refractivity contribution in [2.45, 2.75) is 38.0 Å². The molecule has 0 radical (unpaired) electrons. The predicted octanol–water partition coefficient (Wildman–Crippen LogP) is 0.976. The first-order chi connectivity index (χ1) is 12.6. The third-order valence-electron chi connectivity index (χ3n) is 4.65. The summed E-state index contributed by atoms with van der Waals surface area (Å²) in [6.07, 6.45) is 3.43. The summed E-state index contributed by atoms with van der Waals surface area (Å²) in [5.74, 6) is 10.6. The number of carbonyl (C=O) groups excluding carboxylic acids is 2. The molecule has 0 saturated carbocycles. The van der Waals surface area contributed by atoms with Gasteiger partial charge in [0.05, 0.1) is 6.54 Å². The second-order valence-electron chi connectivity index (χ2n) is 6.53. The maximum Gasteiger partial charge on any atom is 0.328 e. The lowest BCUT2D eigenvalue weighted by Gasteiger charge is -2.27. The standard InChI is InChI=1S/C19H23N3O4S/c1-5-6-7-8-9-15-12-16-14-21(18(24)22(16)13-15)11-10-19(2,17(23)20-3)27(4,25)26/h12-13H,5,10-11,14H2,1-4H3,(H,20,23)/t19-/m1/s1. The molecule has 0 aliphatic carbocycles. The monoisotopic (exact) mass is 389 g/mol. The molecular weight excluding hydrogens is 366 g/mol. The fourth-order valence-electron chi connectivity index (χ4n) is 2.78. The molecule has 7 nitrogen and oxygen atoms in total. The third-order valence-corrected chi connectivity index (χ3v) is 6.67. The van der Waals surface area contributed by atoms with Gasteiger partial charge in [0.25, 0.3) is 0 Å². The number of sulfone groups is 1. The van der Waals surface area contributed by atoms with Gasteiger partial charge in [0.15, 0.2) is 9.84 Å². The van der Waals surface area contributed by atoms with Crippen molar-refractivity contribution in [1.29, 1.82) is 0 Å². The number of rotatable bonds is 5. The van der Waals surface area contributed by atoms with Crippen LogP contribution in [0.3, 0.4) is 0 Å². The highest BCUT2D eigenvalue weighted by Crippen LogP contribution is 2.25. The number of fused-ring (bicyclic) bond motifs is 1. The Hall–Kier alpha value is -2.71. The number of carbonyl (C=O) groups is 2. The summed E-state index contributed by atoms with van der Waals surface area (Å²) in [5.41, 5.74) is 1.48. The Balaban J connectivity index is 2.11. The summed E-state index contributed by atoms with van der Waals surface area (Å²) in [6, 6.07) is 1.55. The largest absolute Gasteiger partial charge is 0.358 e. The van der Waals surface area contributed by atoms with Gasteiger partial charge in [-0.2, -0.15) is 0 Å². The average molecular weight is 389 g/mol. The smallest absolute Gasteiger partial charge is 0.328 e. The van der Waals surface area contributed by atoms with E-state index in [1.165, 1.54) is 23.4 Å². The van der Waals surface area contributed by atoms with Crippen molar-refractivity contribution in [3.05, 3.63) is 23.5 Å². The van der Waals surface area contributed by atoms with Crippen LogP contribution in [0, 0.1) is 23.7 Å². The first-order valence-electron chi connectivity index (χ1n) is 8.55. The van der Waals surface area contributed by atoms with E-state index in [-0.39, 0.29) is 19.0 Å². The van der Waals surface area contributed by atoms with Crippen LogP contribution in [0.1, 0.15) is 37.9 Å². The summed E-state index contributed by atoms with van der Waals surface area (Å²) in [4.78, 5) is 26.2. The summed E-state index contributed by atoms with van der Waals surface area (Å²) >= 11 is 0. The van der Waals surface area contributed by atoms with Crippen molar-refractivity contribution in [2.75, 3.05) is 19.8 Å². The highest BCUT2D eigenvalue weighted by Gasteiger charge is 2.43. The van der Waals surface area contributed by atoms with Crippen molar-refractivity contribution >= 4 is 21.8 Å². The molecule has 1 N–H and O–H groups in total. The molecular formula is C19H23N3O4S. The molecule has 2 rings (SSSR count). The molecule has 1 aliphatic rings. The minimum absolute atomic E-state index is 0.0152. The molecule has 0 aromatic carbocycles. The van der Waals surface area contributed by atoms with Crippen molar-refractivity contribution in [3.63, 3.8) is 0 Å². The van der Waals surface area contributed by atoms with E-state index in [1.54, 1.807) is 6.20 Å². The summed E-state index contributed by atoms with van der Waals surface area (Å²) < 4.78 is 24.1. The summed E-state index contributed by atoms with van der Waals surface area (Å²) in [7, 11) is -2.25. The Kier molecular flexibility index (Phi) is 6.02. The normalized spacial score (nSPS) is 15.1. The number of nitrogens with one attached hydrogen (secondary N) is 1. The van der Waals surface area contributed by atoms with Crippen LogP contribution in [-0.4, -0.2) is 54.4 Å². The molecule has 0 spiro atoms. The minimum atomic E-state index is -3.65. The van der Waals surface area contributed by atoms with Crippen molar-refractivity contribution < 1.29 is 18.0 Å². The second kappa shape index (κ2) is 7.89. The number of hydrogen-bond acceptors (Lipinski definition) is 4. The van der Waals surface area contributed by atoms with E-state index < -0.39 is 20.5 Å². The molecule has 0 fully saturated rings. The van der Waals surface area contributed by atoms with Gasteiger partial charge in [-0.1, -0.05) is 18.8 Å². The zero-order chi connectivity index (χ0) is 20.2. The van der Waals surface area contributed by atoms with Gasteiger partial charge >= 0.3 is 6.03 Å². The van der Waals surface area contributed by atoms with E-state index in [4.69, 9.17) is 0 Å². The minimum Gasteiger partial charge on any atom is -0.358 e. The Labute approximate surface area is 160 Å². The van der Waals surface area contributed by atoms with Crippen molar-refractivity contribution in [2.24, 2.45) is 0 Å². The van der Waals surface area contributed by atoms with E-state index in [1.807, 2.05) is 13.0 Å². The molecule has 144 valence electrons. The number of aromatic nitrogens is 1. The molecule has 2 heterocycles. The Bertz CT molecular complexity index is 986. The number of nitrogens with zero attached hydrogens (tertiary/aromatic N) is 2. The zero-order valence-electron chi connectivity index (χ0n) is 15.9. The number of amides is 2. The molecule has 0 saturated heterocycles. The van der Waals surface area contributed by atoms with Gasteiger partial charge < -0.3 is 10.2 Å². The molecule has 0 unspecified atom stereocenters. The maximum absolute atomic E-state index is 12.6. The van der Waals surface area contributed by atoms with Crippen LogP contribution in [0.2, 0.25) is 0 Å². The summed E-state index contributed by atoms with van der Waals surface area (Å²) in [5, 5.41) is 2.39. The SMILES string of the molecule is CCC#CC#Cc1cc2n(c1)C(=O)N(CC[C@](C)(C(=O)NC)S(C)(=O)=O)C2. The Morgan fingerprint density at radius 1 is 1.37 bits per heavy atom. The fourth-order valence-corrected chi connectivity index (χ4v) is 3.68. The van der Waals surface area contributed by atoms with Gasteiger partial charge in [0, 0.05) is 43.7 Å². The first-order valence-corrected chi connectivity index (χ1v) is 10.4. The molecule has 0 bridgehead atoms. The third kappa shape index (κ3) is 4.17. The van der Waals surface area contributed by atoms with E-state index in [9.17, 15) is 18.0 Å². The molecule has 1 aliphatic heterocycles. The molecule has 8 heteroatoms. The van der Waals surface area contributed by atoms with Crippen molar-refractivity contribution in [1.82, 2.24) is 14.8 Å². The molecule has 1 aromatic heterocycles. The van der Waals surface area contributed by atoms with Crippen LogP contribution in [0.25, 0.3) is 0 Å². The quantitative estimate of drug-likeness (QED) is 0.761. The van der Waals surface area contributed by atoms with Crippen LogP contribution < -0.4 is 5.32 Å². The van der Waals surface area contributed by atoms with E-state index in [2.05, 4.69) is 29.0 Å². The molecule has 27 heavy (non-hydrogen) atoms. The average Bonchev–Trinajstić information content (AvgIpc) is 3.14. The Morgan fingerprint density at radius 2 is 2.07 bits per heavy atom. The maximum atomic E-state index is 12.6. The first kappa shape index (κ1) is 20.6. The van der Waals surface area contributed by atoms with Gasteiger partial charge in [-0.15, -0.1) is 0 Å². The highest BCUT2D eigenvalue weighted by atomic mass is 32.2. The number of hydrogen-bond donors (Lipinski definition) is 1. The topological polar surface area (TPSA) is 88.5 Å². The van der Waals surface area contributed by atoms with Gasteiger partial charge in [0.2, 0.25) is 5.91 Å². The van der Waals surface area contributed by atoms with Gasteiger partial charge in [-0.25, -0.2) is 13.2 Å².